The summed E-state index contributed by atoms with van der Waals surface area (Å²) in [6, 6.07) is 3.81. The van der Waals surface area contributed by atoms with Gasteiger partial charge >= 0.3 is 0 Å². The maximum atomic E-state index is 5.94. The molecule has 1 atom stereocenters. The molecule has 2 aromatic heterocycles. The topological polar surface area (TPSA) is 49.2 Å². The summed E-state index contributed by atoms with van der Waals surface area (Å²) in [4.78, 5) is 8.83. The molecule has 2 aromatic rings. The molecular formula is C12H14ClN3O2. The molecule has 0 N–H and O–H groups in total. The first-order valence-corrected chi connectivity index (χ1v) is 6.47. The quantitative estimate of drug-likeness (QED) is 0.793. The van der Waals surface area contributed by atoms with Crippen molar-refractivity contribution in [3.05, 3.63) is 24.2 Å². The highest BCUT2D eigenvalue weighted by atomic mass is 35.5. The molecule has 1 aliphatic rings. The normalized spacial score (nSPS) is 20.4. The van der Waals surface area contributed by atoms with Crippen LogP contribution in [0, 0.1) is 0 Å². The Morgan fingerprint density at radius 3 is 3.17 bits per heavy atom. The van der Waals surface area contributed by atoms with Crippen molar-refractivity contribution in [2.24, 2.45) is 0 Å². The van der Waals surface area contributed by atoms with Crippen molar-refractivity contribution < 1.29 is 9.47 Å². The Kier molecular flexibility index (Phi) is 3.45. The minimum Gasteiger partial charge on any atom is -0.376 e. The van der Waals surface area contributed by atoms with E-state index >= 15 is 0 Å². The third-order valence-electron chi connectivity index (χ3n) is 2.97. The molecule has 0 spiro atoms. The number of alkyl halides is 1. The predicted octanol–water partition coefficient (Wildman–Crippen LogP) is 1.59. The molecule has 1 aliphatic heterocycles. The minimum atomic E-state index is 0.0418. The van der Waals surface area contributed by atoms with Crippen LogP contribution in [0.25, 0.3) is 11.2 Å². The van der Waals surface area contributed by atoms with E-state index in [1.165, 1.54) is 0 Å². The van der Waals surface area contributed by atoms with Crippen molar-refractivity contribution in [3.63, 3.8) is 0 Å². The fraction of sp³-hybridized carbons (Fsp3) is 0.500. The lowest BCUT2D eigenvalue weighted by Gasteiger charge is -2.23. The van der Waals surface area contributed by atoms with Gasteiger partial charge in [0.15, 0.2) is 5.65 Å². The molecule has 0 amide bonds. The summed E-state index contributed by atoms with van der Waals surface area (Å²) in [6.45, 7) is 2.59. The van der Waals surface area contributed by atoms with E-state index in [1.54, 1.807) is 6.20 Å². The lowest BCUT2D eigenvalue weighted by Crippen LogP contribution is -2.32. The van der Waals surface area contributed by atoms with Crippen molar-refractivity contribution in [1.82, 2.24) is 14.5 Å². The van der Waals surface area contributed by atoms with Gasteiger partial charge in [0.05, 0.1) is 38.3 Å². The summed E-state index contributed by atoms with van der Waals surface area (Å²) in [5.74, 6) is 1.18. The average molecular weight is 268 g/mol. The monoisotopic (exact) mass is 267 g/mol. The number of fused-ring (bicyclic) bond motifs is 1. The number of nitrogens with zero attached hydrogens (tertiary/aromatic N) is 3. The molecule has 1 saturated heterocycles. The third kappa shape index (κ3) is 2.21. The molecule has 3 heterocycles. The van der Waals surface area contributed by atoms with Gasteiger partial charge in [-0.2, -0.15) is 0 Å². The first kappa shape index (κ1) is 11.9. The maximum Gasteiger partial charge on any atom is 0.160 e. The Morgan fingerprint density at radius 1 is 1.44 bits per heavy atom. The van der Waals surface area contributed by atoms with Gasteiger partial charge < -0.3 is 14.0 Å². The molecule has 0 saturated carbocycles. The first-order chi connectivity index (χ1) is 8.88. The predicted molar refractivity (Wildman–Crippen MR) is 67.6 cm³/mol. The van der Waals surface area contributed by atoms with Gasteiger partial charge in [0, 0.05) is 6.20 Å². The molecule has 5 nitrogen and oxygen atoms in total. The van der Waals surface area contributed by atoms with Gasteiger partial charge in [0.1, 0.15) is 11.3 Å². The van der Waals surface area contributed by atoms with Gasteiger partial charge in [-0.1, -0.05) is 0 Å². The number of halogens is 1. The van der Waals surface area contributed by atoms with Crippen molar-refractivity contribution >= 4 is 22.8 Å². The van der Waals surface area contributed by atoms with E-state index in [-0.39, 0.29) is 6.10 Å². The largest absolute Gasteiger partial charge is 0.376 e. The summed E-state index contributed by atoms with van der Waals surface area (Å²) in [5, 5.41) is 0. The smallest absolute Gasteiger partial charge is 0.160 e. The number of rotatable bonds is 3. The molecule has 0 aliphatic carbocycles. The average Bonchev–Trinajstić information content (AvgIpc) is 2.78. The molecule has 18 heavy (non-hydrogen) atoms. The highest BCUT2D eigenvalue weighted by Crippen LogP contribution is 2.17. The molecular weight excluding hydrogens is 254 g/mol. The van der Waals surface area contributed by atoms with E-state index in [9.17, 15) is 0 Å². The van der Waals surface area contributed by atoms with E-state index in [0.717, 1.165) is 17.0 Å². The van der Waals surface area contributed by atoms with E-state index in [4.69, 9.17) is 21.1 Å². The number of hydrogen-bond donors (Lipinski definition) is 0. The first-order valence-electron chi connectivity index (χ1n) is 5.94. The second kappa shape index (κ2) is 5.22. The van der Waals surface area contributed by atoms with E-state index in [2.05, 4.69) is 9.97 Å². The van der Waals surface area contributed by atoms with Gasteiger partial charge in [-0.05, 0) is 12.1 Å². The maximum absolute atomic E-state index is 5.94. The van der Waals surface area contributed by atoms with Crippen molar-refractivity contribution in [2.45, 2.75) is 18.5 Å². The lowest BCUT2D eigenvalue weighted by atomic mass is 10.3. The Balaban J connectivity index is 1.93. The van der Waals surface area contributed by atoms with Crippen LogP contribution >= 0.6 is 11.6 Å². The number of aromatic nitrogens is 3. The van der Waals surface area contributed by atoms with Gasteiger partial charge in [0.25, 0.3) is 0 Å². The Labute approximate surface area is 110 Å². The van der Waals surface area contributed by atoms with Crippen LogP contribution in [0.5, 0.6) is 0 Å². The molecule has 1 unspecified atom stereocenters. The number of imidazole rings is 1. The molecule has 0 aromatic carbocycles. The van der Waals surface area contributed by atoms with Gasteiger partial charge in [-0.15, -0.1) is 11.6 Å². The van der Waals surface area contributed by atoms with Crippen LogP contribution in [0.4, 0.5) is 0 Å². The zero-order chi connectivity index (χ0) is 12.4. The summed E-state index contributed by atoms with van der Waals surface area (Å²) < 4.78 is 13.1. The van der Waals surface area contributed by atoms with Gasteiger partial charge in [0.2, 0.25) is 0 Å². The molecule has 96 valence electrons. The van der Waals surface area contributed by atoms with Crippen molar-refractivity contribution in [3.8, 4) is 0 Å². The molecule has 1 fully saturated rings. The van der Waals surface area contributed by atoms with Crippen LogP contribution < -0.4 is 0 Å². The Hall–Kier alpha value is -1.17. The van der Waals surface area contributed by atoms with Gasteiger partial charge in [-0.25, -0.2) is 9.97 Å². The Morgan fingerprint density at radius 2 is 2.39 bits per heavy atom. The summed E-state index contributed by atoms with van der Waals surface area (Å²) in [6.07, 6.45) is 1.80. The highest BCUT2D eigenvalue weighted by molar-refractivity contribution is 6.16. The SMILES string of the molecule is ClCc1nc2cccnc2n1CC1COCCO1. The van der Waals surface area contributed by atoms with Crippen LogP contribution in [0.15, 0.2) is 18.3 Å². The zero-order valence-electron chi connectivity index (χ0n) is 9.88. The van der Waals surface area contributed by atoms with Gasteiger partial charge in [-0.3, -0.25) is 0 Å². The number of hydrogen-bond acceptors (Lipinski definition) is 4. The van der Waals surface area contributed by atoms with E-state index in [0.29, 0.717) is 32.2 Å². The Bertz CT molecular complexity index is 537. The molecule has 0 radical (unpaired) electrons. The highest BCUT2D eigenvalue weighted by Gasteiger charge is 2.19. The second-order valence-electron chi connectivity index (χ2n) is 4.19. The van der Waals surface area contributed by atoms with Crippen LogP contribution in [0.1, 0.15) is 5.82 Å². The molecule has 6 heteroatoms. The third-order valence-corrected chi connectivity index (χ3v) is 3.21. The minimum absolute atomic E-state index is 0.0418. The fourth-order valence-corrected chi connectivity index (χ4v) is 2.35. The number of pyridine rings is 1. The zero-order valence-corrected chi connectivity index (χ0v) is 10.6. The van der Waals surface area contributed by atoms with Crippen LogP contribution in [-0.2, 0) is 21.9 Å². The second-order valence-corrected chi connectivity index (χ2v) is 4.45. The van der Waals surface area contributed by atoms with Crippen molar-refractivity contribution in [1.29, 1.82) is 0 Å². The molecule has 3 rings (SSSR count). The van der Waals surface area contributed by atoms with Crippen LogP contribution in [0.2, 0.25) is 0 Å². The summed E-state index contributed by atoms with van der Waals surface area (Å²) in [5.41, 5.74) is 1.72. The van der Waals surface area contributed by atoms with Crippen molar-refractivity contribution in [2.75, 3.05) is 19.8 Å². The van der Waals surface area contributed by atoms with Crippen LogP contribution in [0.3, 0.4) is 0 Å². The van der Waals surface area contributed by atoms with Crippen LogP contribution in [-0.4, -0.2) is 40.5 Å². The fourth-order valence-electron chi connectivity index (χ4n) is 2.14. The summed E-state index contributed by atoms with van der Waals surface area (Å²) >= 11 is 5.94. The standard InChI is InChI=1S/C12H14ClN3O2/c13-6-11-15-10-2-1-3-14-12(10)16(11)7-9-8-17-4-5-18-9/h1-3,9H,4-8H2. The molecule has 0 bridgehead atoms. The summed E-state index contributed by atoms with van der Waals surface area (Å²) in [7, 11) is 0. The lowest BCUT2D eigenvalue weighted by molar-refractivity contribution is -0.0934. The van der Waals surface area contributed by atoms with E-state index in [1.807, 2.05) is 16.7 Å². The van der Waals surface area contributed by atoms with E-state index < -0.39 is 0 Å². The number of ether oxygens (including phenoxy) is 2.